The standard InChI is InChI=1S/C12H18N2O/c1-4-14(12(15)10(3)13)11-7-5-9(2)6-8-11/h5-8,10H,4,13H2,1-3H3/t10-/m0/s1. The molecule has 0 saturated heterocycles. The minimum Gasteiger partial charge on any atom is -0.320 e. The molecule has 1 aromatic rings. The minimum absolute atomic E-state index is 0.0404. The van der Waals surface area contributed by atoms with Crippen molar-refractivity contribution in [3.05, 3.63) is 29.8 Å². The number of nitrogens with zero attached hydrogens (tertiary/aromatic N) is 1. The molecular weight excluding hydrogens is 188 g/mol. The Morgan fingerprint density at radius 2 is 1.93 bits per heavy atom. The van der Waals surface area contributed by atoms with Crippen LogP contribution in [-0.4, -0.2) is 18.5 Å². The normalized spacial score (nSPS) is 12.3. The Morgan fingerprint density at radius 1 is 1.40 bits per heavy atom. The van der Waals surface area contributed by atoms with E-state index in [4.69, 9.17) is 5.73 Å². The van der Waals surface area contributed by atoms with Gasteiger partial charge in [-0.05, 0) is 32.9 Å². The fraction of sp³-hybridized carbons (Fsp3) is 0.417. The molecule has 3 heteroatoms. The minimum atomic E-state index is -0.453. The molecule has 15 heavy (non-hydrogen) atoms. The van der Waals surface area contributed by atoms with E-state index in [1.54, 1.807) is 11.8 Å². The zero-order valence-corrected chi connectivity index (χ0v) is 9.53. The highest BCUT2D eigenvalue weighted by Crippen LogP contribution is 2.15. The van der Waals surface area contributed by atoms with Gasteiger partial charge in [0, 0.05) is 12.2 Å². The zero-order chi connectivity index (χ0) is 11.4. The van der Waals surface area contributed by atoms with Gasteiger partial charge < -0.3 is 10.6 Å². The Morgan fingerprint density at radius 3 is 2.33 bits per heavy atom. The summed E-state index contributed by atoms with van der Waals surface area (Å²) in [7, 11) is 0. The molecule has 0 aromatic heterocycles. The summed E-state index contributed by atoms with van der Waals surface area (Å²) in [6.07, 6.45) is 0. The lowest BCUT2D eigenvalue weighted by Crippen LogP contribution is -2.42. The van der Waals surface area contributed by atoms with Crippen molar-refractivity contribution in [2.45, 2.75) is 26.8 Å². The van der Waals surface area contributed by atoms with Crippen LogP contribution in [0, 0.1) is 6.92 Å². The summed E-state index contributed by atoms with van der Waals surface area (Å²) in [5, 5.41) is 0. The van der Waals surface area contributed by atoms with Gasteiger partial charge in [0.2, 0.25) is 5.91 Å². The first kappa shape index (κ1) is 11.7. The number of amides is 1. The van der Waals surface area contributed by atoms with Crippen molar-refractivity contribution in [2.24, 2.45) is 5.73 Å². The number of aryl methyl sites for hydroxylation is 1. The number of carbonyl (C=O) groups is 1. The van der Waals surface area contributed by atoms with Crippen molar-refractivity contribution >= 4 is 11.6 Å². The molecule has 82 valence electrons. The molecule has 0 aliphatic carbocycles. The van der Waals surface area contributed by atoms with Crippen molar-refractivity contribution < 1.29 is 4.79 Å². The summed E-state index contributed by atoms with van der Waals surface area (Å²) in [6.45, 7) is 6.32. The van der Waals surface area contributed by atoms with Crippen LogP contribution < -0.4 is 10.6 Å². The summed E-state index contributed by atoms with van der Waals surface area (Å²) in [5.41, 5.74) is 7.68. The smallest absolute Gasteiger partial charge is 0.243 e. The summed E-state index contributed by atoms with van der Waals surface area (Å²) < 4.78 is 0. The topological polar surface area (TPSA) is 46.3 Å². The molecule has 0 spiro atoms. The van der Waals surface area contributed by atoms with E-state index in [1.165, 1.54) is 5.56 Å². The van der Waals surface area contributed by atoms with Crippen LogP contribution in [-0.2, 0) is 4.79 Å². The molecule has 0 fully saturated rings. The summed E-state index contributed by atoms with van der Waals surface area (Å²) in [4.78, 5) is 13.5. The van der Waals surface area contributed by atoms with Crippen LogP contribution in [0.4, 0.5) is 5.69 Å². The third kappa shape index (κ3) is 2.80. The first-order chi connectivity index (χ1) is 7.06. The van der Waals surface area contributed by atoms with E-state index in [0.29, 0.717) is 6.54 Å². The summed E-state index contributed by atoms with van der Waals surface area (Å²) in [5.74, 6) is -0.0404. The average Bonchev–Trinajstić information content (AvgIpc) is 2.21. The van der Waals surface area contributed by atoms with Gasteiger partial charge in [-0.25, -0.2) is 0 Å². The van der Waals surface area contributed by atoms with E-state index >= 15 is 0 Å². The van der Waals surface area contributed by atoms with Gasteiger partial charge in [0.1, 0.15) is 0 Å². The molecule has 0 aliphatic rings. The molecule has 1 aromatic carbocycles. The lowest BCUT2D eigenvalue weighted by Gasteiger charge is -2.23. The summed E-state index contributed by atoms with van der Waals surface area (Å²) in [6, 6.07) is 7.42. The number of hydrogen-bond donors (Lipinski definition) is 1. The van der Waals surface area contributed by atoms with Gasteiger partial charge in [-0.1, -0.05) is 17.7 Å². The van der Waals surface area contributed by atoms with Gasteiger partial charge in [0.15, 0.2) is 0 Å². The molecule has 0 radical (unpaired) electrons. The van der Waals surface area contributed by atoms with Crippen LogP contribution in [0.15, 0.2) is 24.3 Å². The van der Waals surface area contributed by atoms with Crippen molar-refractivity contribution in [1.82, 2.24) is 0 Å². The molecule has 0 aliphatic heterocycles. The average molecular weight is 206 g/mol. The van der Waals surface area contributed by atoms with E-state index in [2.05, 4.69) is 0 Å². The van der Waals surface area contributed by atoms with Crippen LogP contribution in [0.3, 0.4) is 0 Å². The number of likely N-dealkylation sites (N-methyl/N-ethyl adjacent to an activating group) is 1. The number of anilines is 1. The second kappa shape index (κ2) is 4.94. The number of benzene rings is 1. The predicted molar refractivity (Wildman–Crippen MR) is 62.9 cm³/mol. The highest BCUT2D eigenvalue weighted by molar-refractivity contribution is 5.96. The van der Waals surface area contributed by atoms with Crippen LogP contribution in [0.25, 0.3) is 0 Å². The highest BCUT2D eigenvalue weighted by Gasteiger charge is 2.16. The Bertz CT molecular complexity index is 330. The monoisotopic (exact) mass is 206 g/mol. The van der Waals surface area contributed by atoms with Gasteiger partial charge in [-0.3, -0.25) is 4.79 Å². The Labute approximate surface area is 90.9 Å². The van der Waals surface area contributed by atoms with Gasteiger partial charge >= 0.3 is 0 Å². The lowest BCUT2D eigenvalue weighted by molar-refractivity contribution is -0.119. The maximum absolute atomic E-state index is 11.8. The van der Waals surface area contributed by atoms with Crippen LogP contribution in [0.1, 0.15) is 19.4 Å². The Balaban J connectivity index is 2.92. The number of hydrogen-bond acceptors (Lipinski definition) is 2. The predicted octanol–water partition coefficient (Wildman–Crippen LogP) is 1.70. The van der Waals surface area contributed by atoms with E-state index in [9.17, 15) is 4.79 Å². The first-order valence-electron chi connectivity index (χ1n) is 5.20. The third-order valence-corrected chi connectivity index (χ3v) is 2.32. The first-order valence-corrected chi connectivity index (χ1v) is 5.20. The van der Waals surface area contributed by atoms with Crippen LogP contribution >= 0.6 is 0 Å². The lowest BCUT2D eigenvalue weighted by atomic mass is 10.2. The molecule has 3 nitrogen and oxygen atoms in total. The molecule has 1 atom stereocenters. The van der Waals surface area contributed by atoms with Crippen LogP contribution in [0.2, 0.25) is 0 Å². The number of carbonyl (C=O) groups excluding carboxylic acids is 1. The SMILES string of the molecule is CCN(C(=O)[C@H](C)N)c1ccc(C)cc1. The van der Waals surface area contributed by atoms with Gasteiger partial charge in [-0.15, -0.1) is 0 Å². The van der Waals surface area contributed by atoms with Crippen molar-refractivity contribution in [1.29, 1.82) is 0 Å². The Hall–Kier alpha value is -1.35. The molecule has 0 unspecified atom stereocenters. The van der Waals surface area contributed by atoms with Gasteiger partial charge in [0.05, 0.1) is 6.04 Å². The molecule has 2 N–H and O–H groups in total. The number of nitrogens with two attached hydrogens (primary N) is 1. The van der Waals surface area contributed by atoms with E-state index < -0.39 is 6.04 Å². The maximum Gasteiger partial charge on any atom is 0.243 e. The Kier molecular flexibility index (Phi) is 3.86. The van der Waals surface area contributed by atoms with Crippen molar-refractivity contribution in [3.63, 3.8) is 0 Å². The van der Waals surface area contributed by atoms with Crippen molar-refractivity contribution in [3.8, 4) is 0 Å². The third-order valence-electron chi connectivity index (χ3n) is 2.32. The quantitative estimate of drug-likeness (QED) is 0.818. The molecule has 0 saturated carbocycles. The highest BCUT2D eigenvalue weighted by atomic mass is 16.2. The fourth-order valence-electron chi connectivity index (χ4n) is 1.44. The van der Waals surface area contributed by atoms with Crippen LogP contribution in [0.5, 0.6) is 0 Å². The van der Waals surface area contributed by atoms with E-state index in [0.717, 1.165) is 5.69 Å². The second-order valence-electron chi connectivity index (χ2n) is 3.71. The van der Waals surface area contributed by atoms with Gasteiger partial charge in [-0.2, -0.15) is 0 Å². The fourth-order valence-corrected chi connectivity index (χ4v) is 1.44. The second-order valence-corrected chi connectivity index (χ2v) is 3.71. The number of rotatable bonds is 3. The summed E-state index contributed by atoms with van der Waals surface area (Å²) >= 11 is 0. The molecule has 0 bridgehead atoms. The molecule has 1 rings (SSSR count). The molecular formula is C12H18N2O. The van der Waals surface area contributed by atoms with Crippen molar-refractivity contribution in [2.75, 3.05) is 11.4 Å². The van der Waals surface area contributed by atoms with Gasteiger partial charge in [0.25, 0.3) is 0 Å². The zero-order valence-electron chi connectivity index (χ0n) is 9.53. The molecule has 0 heterocycles. The van der Waals surface area contributed by atoms with E-state index in [-0.39, 0.29) is 5.91 Å². The van der Waals surface area contributed by atoms with E-state index in [1.807, 2.05) is 38.1 Å². The molecule has 1 amide bonds. The largest absolute Gasteiger partial charge is 0.320 e. The maximum atomic E-state index is 11.8.